The number of carbonyl (C=O) groups excluding carboxylic acids is 2. The number of fused-ring (bicyclic) bond motifs is 2. The number of benzene rings is 1. The first-order valence-corrected chi connectivity index (χ1v) is 9.61. The summed E-state index contributed by atoms with van der Waals surface area (Å²) >= 11 is 0. The van der Waals surface area contributed by atoms with E-state index in [2.05, 4.69) is 46.9 Å². The van der Waals surface area contributed by atoms with Crippen LogP contribution in [0.3, 0.4) is 0 Å². The van der Waals surface area contributed by atoms with Crippen molar-refractivity contribution >= 4 is 17.5 Å². The summed E-state index contributed by atoms with van der Waals surface area (Å²) in [5, 5.41) is 2.78. The van der Waals surface area contributed by atoms with Crippen LogP contribution in [0.4, 0.5) is 5.69 Å². The molecule has 2 atom stereocenters. The number of anilines is 1. The molecule has 4 nitrogen and oxygen atoms in total. The van der Waals surface area contributed by atoms with Crippen LogP contribution in [0.15, 0.2) is 24.3 Å². The van der Waals surface area contributed by atoms with Crippen LogP contribution in [-0.4, -0.2) is 29.3 Å². The number of nitrogens with one attached hydrogen (secondary N) is 1. The Bertz CT molecular complexity index is 715. The zero-order valence-corrected chi connectivity index (χ0v) is 17.0. The van der Waals surface area contributed by atoms with Gasteiger partial charge < -0.3 is 10.2 Å². The summed E-state index contributed by atoms with van der Waals surface area (Å²) in [4.78, 5) is 27.1. The van der Waals surface area contributed by atoms with Crippen LogP contribution in [0.25, 0.3) is 0 Å². The van der Waals surface area contributed by atoms with Crippen molar-refractivity contribution in [1.29, 1.82) is 0 Å². The molecule has 1 N–H and O–H groups in total. The van der Waals surface area contributed by atoms with Gasteiger partial charge in [-0.3, -0.25) is 9.59 Å². The largest absolute Gasteiger partial charge is 0.331 e. The monoisotopic (exact) mass is 356 g/mol. The number of rotatable bonds is 1. The molecule has 1 saturated heterocycles. The maximum atomic E-state index is 12.8. The minimum absolute atomic E-state index is 0.0631. The van der Waals surface area contributed by atoms with Gasteiger partial charge in [0.1, 0.15) is 0 Å². The number of nitrogens with zero attached hydrogens (tertiary/aromatic N) is 1. The summed E-state index contributed by atoms with van der Waals surface area (Å²) < 4.78 is 0. The minimum atomic E-state index is -0.525. The van der Waals surface area contributed by atoms with Crippen LogP contribution in [-0.2, 0) is 15.0 Å². The van der Waals surface area contributed by atoms with Crippen molar-refractivity contribution in [2.45, 2.75) is 72.3 Å². The Morgan fingerprint density at radius 3 is 2.27 bits per heavy atom. The SMILES string of the molecule is CC1(C)CC2CC(C)(CN2C(=O)C(=O)Nc2ccc(C(C)(C)C)cc2)C1. The fourth-order valence-electron chi connectivity index (χ4n) is 5.07. The normalized spacial score (nSPS) is 27.3. The van der Waals surface area contributed by atoms with Crippen molar-refractivity contribution in [3.05, 3.63) is 29.8 Å². The molecule has 1 aliphatic carbocycles. The molecule has 2 aliphatic rings. The third-order valence-electron chi connectivity index (χ3n) is 5.88. The summed E-state index contributed by atoms with van der Waals surface area (Å²) in [7, 11) is 0. The van der Waals surface area contributed by atoms with Gasteiger partial charge in [0.25, 0.3) is 0 Å². The molecule has 1 heterocycles. The summed E-state index contributed by atoms with van der Waals surface area (Å²) in [5.74, 6) is -0.918. The molecule has 142 valence electrons. The van der Waals surface area contributed by atoms with Crippen molar-refractivity contribution in [2.24, 2.45) is 10.8 Å². The lowest BCUT2D eigenvalue weighted by molar-refractivity contribution is -0.144. The van der Waals surface area contributed by atoms with E-state index < -0.39 is 11.8 Å². The average molecular weight is 357 g/mol. The van der Waals surface area contributed by atoms with Crippen molar-refractivity contribution in [2.75, 3.05) is 11.9 Å². The second kappa shape index (κ2) is 6.11. The Labute approximate surface area is 157 Å². The highest BCUT2D eigenvalue weighted by molar-refractivity contribution is 6.39. The first-order valence-electron chi connectivity index (χ1n) is 9.61. The van der Waals surface area contributed by atoms with Gasteiger partial charge in [0, 0.05) is 18.3 Å². The fourth-order valence-corrected chi connectivity index (χ4v) is 5.07. The predicted octanol–water partition coefficient (Wildman–Crippen LogP) is 4.35. The van der Waals surface area contributed by atoms with Gasteiger partial charge in [0.15, 0.2) is 0 Å². The standard InChI is InChI=1S/C22H32N2O2/c1-20(2,3)15-7-9-16(10-8-15)23-18(25)19(26)24-14-22(6)12-17(24)11-21(4,5)13-22/h7-10,17H,11-14H2,1-6H3,(H,23,25). The Hall–Kier alpha value is -1.84. The minimum Gasteiger partial charge on any atom is -0.331 e. The fraction of sp³-hybridized carbons (Fsp3) is 0.636. The maximum absolute atomic E-state index is 12.8. The van der Waals surface area contributed by atoms with Gasteiger partial charge >= 0.3 is 11.8 Å². The molecule has 2 unspecified atom stereocenters. The quantitative estimate of drug-likeness (QED) is 0.761. The van der Waals surface area contributed by atoms with E-state index in [1.54, 1.807) is 0 Å². The van der Waals surface area contributed by atoms with Gasteiger partial charge in [-0.25, -0.2) is 0 Å². The molecule has 0 aromatic heterocycles. The molecule has 1 aromatic carbocycles. The number of hydrogen-bond donors (Lipinski definition) is 1. The van der Waals surface area contributed by atoms with E-state index >= 15 is 0 Å². The van der Waals surface area contributed by atoms with Crippen molar-refractivity contribution in [3.63, 3.8) is 0 Å². The zero-order chi connectivity index (χ0) is 19.3. The lowest BCUT2D eigenvalue weighted by Crippen LogP contribution is -2.43. The second-order valence-corrected chi connectivity index (χ2v) is 10.4. The third-order valence-corrected chi connectivity index (χ3v) is 5.88. The molecular weight excluding hydrogens is 324 g/mol. The molecule has 2 bridgehead atoms. The van der Waals surface area contributed by atoms with Crippen LogP contribution in [0, 0.1) is 10.8 Å². The van der Waals surface area contributed by atoms with E-state index in [-0.39, 0.29) is 22.3 Å². The average Bonchev–Trinajstić information content (AvgIpc) is 2.75. The highest BCUT2D eigenvalue weighted by Gasteiger charge is 2.51. The van der Waals surface area contributed by atoms with Gasteiger partial charge in [-0.1, -0.05) is 53.7 Å². The molecule has 1 aliphatic heterocycles. The summed E-state index contributed by atoms with van der Waals surface area (Å²) in [6, 6.07) is 7.95. The van der Waals surface area contributed by atoms with Crippen molar-refractivity contribution in [3.8, 4) is 0 Å². The zero-order valence-electron chi connectivity index (χ0n) is 17.0. The van der Waals surface area contributed by atoms with Crippen LogP contribution in [0.1, 0.15) is 66.4 Å². The number of carbonyl (C=O) groups is 2. The lowest BCUT2D eigenvalue weighted by Gasteiger charge is -2.39. The summed E-state index contributed by atoms with van der Waals surface area (Å²) in [6.45, 7) is 13.9. The first-order chi connectivity index (χ1) is 11.9. The second-order valence-electron chi connectivity index (χ2n) is 10.4. The Morgan fingerprint density at radius 2 is 1.69 bits per heavy atom. The van der Waals surface area contributed by atoms with Crippen molar-refractivity contribution < 1.29 is 9.59 Å². The molecule has 0 radical (unpaired) electrons. The molecule has 2 fully saturated rings. The number of likely N-dealkylation sites (tertiary alicyclic amines) is 1. The van der Waals surface area contributed by atoms with Crippen LogP contribution in [0.5, 0.6) is 0 Å². The van der Waals surface area contributed by atoms with E-state index in [9.17, 15) is 9.59 Å². The third kappa shape index (κ3) is 3.79. The van der Waals surface area contributed by atoms with E-state index in [0.717, 1.165) is 19.3 Å². The van der Waals surface area contributed by atoms with Crippen LogP contribution in [0.2, 0.25) is 0 Å². The van der Waals surface area contributed by atoms with E-state index in [0.29, 0.717) is 12.2 Å². The van der Waals surface area contributed by atoms with Gasteiger partial charge in [-0.05, 0) is 53.2 Å². The predicted molar refractivity (Wildman–Crippen MR) is 105 cm³/mol. The van der Waals surface area contributed by atoms with Gasteiger partial charge in [0.05, 0.1) is 0 Å². The molecule has 1 aromatic rings. The Morgan fingerprint density at radius 1 is 1.08 bits per heavy atom. The van der Waals surface area contributed by atoms with E-state index in [4.69, 9.17) is 0 Å². The topological polar surface area (TPSA) is 49.4 Å². The summed E-state index contributed by atoms with van der Waals surface area (Å²) in [5.41, 5.74) is 2.30. The van der Waals surface area contributed by atoms with Crippen molar-refractivity contribution in [1.82, 2.24) is 4.90 Å². The highest BCUT2D eigenvalue weighted by atomic mass is 16.2. The molecule has 1 saturated carbocycles. The Balaban J connectivity index is 1.68. The molecule has 26 heavy (non-hydrogen) atoms. The molecule has 0 spiro atoms. The van der Waals surface area contributed by atoms with E-state index in [1.807, 2.05) is 29.2 Å². The maximum Gasteiger partial charge on any atom is 0.313 e. The molecular formula is C22H32N2O2. The van der Waals surface area contributed by atoms with Gasteiger partial charge in [0.2, 0.25) is 0 Å². The number of amides is 2. The Kier molecular flexibility index (Phi) is 4.45. The van der Waals surface area contributed by atoms with E-state index in [1.165, 1.54) is 5.56 Å². The first kappa shape index (κ1) is 18.9. The van der Waals surface area contributed by atoms with Gasteiger partial charge in [-0.15, -0.1) is 0 Å². The van der Waals surface area contributed by atoms with Gasteiger partial charge in [-0.2, -0.15) is 0 Å². The molecule has 2 amide bonds. The summed E-state index contributed by atoms with van der Waals surface area (Å²) in [6.07, 6.45) is 3.09. The lowest BCUT2D eigenvalue weighted by atomic mass is 9.65. The molecule has 4 heteroatoms. The smallest absolute Gasteiger partial charge is 0.313 e. The van der Waals surface area contributed by atoms with Crippen LogP contribution >= 0.6 is 0 Å². The number of hydrogen-bond acceptors (Lipinski definition) is 2. The highest BCUT2D eigenvalue weighted by Crippen LogP contribution is 2.52. The molecule has 3 rings (SSSR count). The van der Waals surface area contributed by atoms with Crippen LogP contribution < -0.4 is 5.32 Å².